The molecule has 0 radical (unpaired) electrons. The number of rotatable bonds is 3. The number of carbonyl (C=O) groups is 2. The fourth-order valence-electron chi connectivity index (χ4n) is 1.02. The third kappa shape index (κ3) is 13.6. The van der Waals surface area contributed by atoms with Crippen molar-refractivity contribution in [3.05, 3.63) is 36.4 Å². The molecule has 0 aromatic heterocycles. The van der Waals surface area contributed by atoms with Crippen LogP contribution >= 0.6 is 0 Å². The molecular weight excluding hydrogens is 264 g/mol. The molecule has 0 unspecified atom stereocenters. The second kappa shape index (κ2) is 11.6. The zero-order chi connectivity index (χ0) is 16.1. The molecule has 112 valence electrons. The average Bonchev–Trinajstić information content (AvgIpc) is 2.30. The largest absolute Gasteiger partial charge is 0.504 e. The molecule has 0 bridgehead atoms. The fourth-order valence-corrected chi connectivity index (χ4v) is 1.02. The number of hydrogen-bond donors (Lipinski definition) is 3. The lowest BCUT2D eigenvalue weighted by Gasteiger charge is -2.04. The molecule has 6 nitrogen and oxygen atoms in total. The van der Waals surface area contributed by atoms with Gasteiger partial charge in [-0.25, -0.2) is 0 Å². The first kappa shape index (κ1) is 19.8. The summed E-state index contributed by atoms with van der Waals surface area (Å²) < 4.78 is 4.95. The molecule has 0 fully saturated rings. The summed E-state index contributed by atoms with van der Waals surface area (Å²) in [6, 6.07) is 5.27. The molecule has 0 heterocycles. The van der Waals surface area contributed by atoms with Gasteiger partial charge in [0, 0.05) is 13.8 Å². The van der Waals surface area contributed by atoms with Gasteiger partial charge in [-0.3, -0.25) is 9.59 Å². The van der Waals surface area contributed by atoms with E-state index < -0.39 is 11.9 Å². The quantitative estimate of drug-likeness (QED) is 0.736. The number of phenolic OH excluding ortho intramolecular Hbond substituents is 1. The lowest BCUT2D eigenvalue weighted by atomic mass is 10.1. The fraction of sp³-hybridized carbons (Fsp3) is 0.286. The number of carboxylic acids is 2. The third-order valence-electron chi connectivity index (χ3n) is 1.62. The van der Waals surface area contributed by atoms with Crippen LogP contribution in [0.4, 0.5) is 0 Å². The molecule has 6 heteroatoms. The zero-order valence-electron chi connectivity index (χ0n) is 11.8. The van der Waals surface area contributed by atoms with Crippen LogP contribution < -0.4 is 4.74 Å². The van der Waals surface area contributed by atoms with Crippen molar-refractivity contribution in [2.24, 2.45) is 0 Å². The lowest BCUT2D eigenvalue weighted by Crippen LogP contribution is -1.86. The Balaban J connectivity index is 0. The minimum Gasteiger partial charge on any atom is -0.504 e. The molecule has 1 aromatic rings. The van der Waals surface area contributed by atoms with Gasteiger partial charge in [-0.05, 0) is 24.1 Å². The third-order valence-corrected chi connectivity index (χ3v) is 1.62. The van der Waals surface area contributed by atoms with Crippen molar-refractivity contribution in [2.75, 3.05) is 7.11 Å². The molecule has 3 N–H and O–H groups in total. The van der Waals surface area contributed by atoms with E-state index >= 15 is 0 Å². The summed E-state index contributed by atoms with van der Waals surface area (Å²) in [5.74, 6) is -0.986. The lowest BCUT2D eigenvalue weighted by molar-refractivity contribution is -0.135. The topological polar surface area (TPSA) is 104 Å². The molecule has 0 atom stereocenters. The summed E-state index contributed by atoms with van der Waals surface area (Å²) in [6.45, 7) is 5.80. The van der Waals surface area contributed by atoms with Crippen molar-refractivity contribution in [1.29, 1.82) is 0 Å². The van der Waals surface area contributed by atoms with Gasteiger partial charge in [0.2, 0.25) is 0 Å². The van der Waals surface area contributed by atoms with Gasteiger partial charge in [0.25, 0.3) is 11.9 Å². The smallest absolute Gasteiger partial charge is 0.300 e. The number of aromatic hydroxyl groups is 1. The number of aliphatic carboxylic acids is 2. The van der Waals surface area contributed by atoms with Crippen LogP contribution in [0.15, 0.2) is 30.9 Å². The molecule has 0 saturated carbocycles. The molecule has 0 amide bonds. The van der Waals surface area contributed by atoms with Crippen LogP contribution in [0.1, 0.15) is 19.4 Å². The van der Waals surface area contributed by atoms with Gasteiger partial charge in [0.05, 0.1) is 7.11 Å². The number of allylic oxidation sites excluding steroid dienone is 1. The van der Waals surface area contributed by atoms with E-state index in [9.17, 15) is 5.11 Å². The minimum absolute atomic E-state index is 0.172. The SMILES string of the molecule is C=CCc1ccc(O)c(OC)c1.CC(=O)O.CC(=O)O. The van der Waals surface area contributed by atoms with E-state index in [-0.39, 0.29) is 5.75 Å². The molecule has 0 aliphatic carbocycles. The molecular formula is C14H20O6. The van der Waals surface area contributed by atoms with Crippen LogP contribution in [0.2, 0.25) is 0 Å². The van der Waals surface area contributed by atoms with Gasteiger partial charge >= 0.3 is 0 Å². The van der Waals surface area contributed by atoms with Crippen molar-refractivity contribution in [2.45, 2.75) is 20.3 Å². The Hall–Kier alpha value is -2.50. The second-order valence-electron chi connectivity index (χ2n) is 3.54. The van der Waals surface area contributed by atoms with E-state index in [1.54, 1.807) is 12.1 Å². The predicted molar refractivity (Wildman–Crippen MR) is 75.2 cm³/mol. The maximum absolute atomic E-state index is 9.25. The number of benzene rings is 1. The average molecular weight is 284 g/mol. The molecule has 0 spiro atoms. The Bertz CT molecular complexity index is 419. The van der Waals surface area contributed by atoms with Crippen molar-refractivity contribution in [3.8, 4) is 11.5 Å². The Morgan fingerprint density at radius 3 is 2.05 bits per heavy atom. The highest BCUT2D eigenvalue weighted by Gasteiger charge is 2.00. The number of methoxy groups -OCH3 is 1. The van der Waals surface area contributed by atoms with E-state index in [1.165, 1.54) is 7.11 Å². The van der Waals surface area contributed by atoms with E-state index in [4.69, 9.17) is 24.5 Å². The number of ether oxygens (including phenoxy) is 1. The van der Waals surface area contributed by atoms with Gasteiger partial charge < -0.3 is 20.1 Å². The maximum atomic E-state index is 9.25. The van der Waals surface area contributed by atoms with Crippen LogP contribution in [-0.2, 0) is 16.0 Å². The summed E-state index contributed by atoms with van der Waals surface area (Å²) in [6.07, 6.45) is 2.60. The van der Waals surface area contributed by atoms with E-state index in [2.05, 4.69) is 6.58 Å². The molecule has 1 rings (SSSR count). The highest BCUT2D eigenvalue weighted by molar-refractivity contribution is 5.63. The van der Waals surface area contributed by atoms with Crippen LogP contribution in [-0.4, -0.2) is 34.4 Å². The minimum atomic E-state index is -0.833. The summed E-state index contributed by atoms with van der Waals surface area (Å²) >= 11 is 0. The Kier molecular flexibility index (Phi) is 11.5. The van der Waals surface area contributed by atoms with Crippen LogP contribution in [0.3, 0.4) is 0 Å². The Labute approximate surface area is 117 Å². The first-order chi connectivity index (χ1) is 9.24. The van der Waals surface area contributed by atoms with Gasteiger partial charge in [-0.15, -0.1) is 6.58 Å². The first-order valence-electron chi connectivity index (χ1n) is 5.60. The maximum Gasteiger partial charge on any atom is 0.300 e. The summed E-state index contributed by atoms with van der Waals surface area (Å²) in [7, 11) is 1.53. The predicted octanol–water partition coefficient (Wildman–Crippen LogP) is 2.31. The van der Waals surface area contributed by atoms with Gasteiger partial charge in [-0.2, -0.15) is 0 Å². The van der Waals surface area contributed by atoms with Crippen LogP contribution in [0, 0.1) is 0 Å². The molecule has 0 aliphatic rings. The highest BCUT2D eigenvalue weighted by atomic mass is 16.5. The van der Waals surface area contributed by atoms with Crippen molar-refractivity contribution in [3.63, 3.8) is 0 Å². The molecule has 20 heavy (non-hydrogen) atoms. The standard InChI is InChI=1S/C10H12O2.2C2H4O2/c1-3-4-8-5-6-9(11)10(7-8)12-2;2*1-2(3)4/h3,5-7,11H,1,4H2,2H3;2*1H3,(H,3,4). The van der Waals surface area contributed by atoms with Gasteiger partial charge in [0.1, 0.15) is 0 Å². The second-order valence-corrected chi connectivity index (χ2v) is 3.54. The van der Waals surface area contributed by atoms with Crippen molar-refractivity contribution >= 4 is 11.9 Å². The van der Waals surface area contributed by atoms with E-state index in [1.807, 2.05) is 12.1 Å². The Morgan fingerprint density at radius 1 is 1.25 bits per heavy atom. The van der Waals surface area contributed by atoms with Crippen LogP contribution in [0.25, 0.3) is 0 Å². The van der Waals surface area contributed by atoms with Crippen molar-refractivity contribution in [1.82, 2.24) is 0 Å². The van der Waals surface area contributed by atoms with Crippen LogP contribution in [0.5, 0.6) is 11.5 Å². The molecule has 0 saturated heterocycles. The molecule has 0 aliphatic heterocycles. The number of hydrogen-bond acceptors (Lipinski definition) is 4. The number of phenols is 1. The first-order valence-corrected chi connectivity index (χ1v) is 5.60. The van der Waals surface area contributed by atoms with E-state index in [0.29, 0.717) is 5.75 Å². The van der Waals surface area contributed by atoms with Gasteiger partial charge in [-0.1, -0.05) is 12.1 Å². The van der Waals surface area contributed by atoms with E-state index in [0.717, 1.165) is 25.8 Å². The summed E-state index contributed by atoms with van der Waals surface area (Å²) in [5.41, 5.74) is 1.08. The molecule has 1 aromatic carbocycles. The normalized spacial score (nSPS) is 8.15. The highest BCUT2D eigenvalue weighted by Crippen LogP contribution is 2.26. The monoisotopic (exact) mass is 284 g/mol. The Morgan fingerprint density at radius 2 is 1.70 bits per heavy atom. The van der Waals surface area contributed by atoms with Crippen molar-refractivity contribution < 1.29 is 29.6 Å². The number of carboxylic acid groups (broad SMARTS) is 2. The zero-order valence-corrected chi connectivity index (χ0v) is 11.8. The summed E-state index contributed by atoms with van der Waals surface area (Å²) in [4.78, 5) is 18.0. The van der Waals surface area contributed by atoms with Gasteiger partial charge in [0.15, 0.2) is 11.5 Å². The summed E-state index contributed by atoms with van der Waals surface area (Å²) in [5, 5.41) is 24.1.